The molecule has 2 saturated heterocycles. The van der Waals surface area contributed by atoms with Gasteiger partial charge in [-0.05, 0) is 30.7 Å². The van der Waals surface area contributed by atoms with Crippen molar-refractivity contribution >= 4 is 23.7 Å². The molecule has 4 rings (SSSR count). The number of alkyl halides is 11. The number of aromatic nitrogens is 2. The Balaban J connectivity index is 0.000000413. The molecule has 2 aromatic rings. The Hall–Kier alpha value is -4.30. The van der Waals surface area contributed by atoms with Gasteiger partial charge in [0.25, 0.3) is 5.92 Å². The number of aliphatic carboxylic acids is 3. The highest BCUT2D eigenvalue weighted by Crippen LogP contribution is 2.50. The van der Waals surface area contributed by atoms with Crippen LogP contribution < -0.4 is 4.90 Å². The van der Waals surface area contributed by atoms with Crippen molar-refractivity contribution in [3.05, 3.63) is 54.5 Å². The summed E-state index contributed by atoms with van der Waals surface area (Å²) < 4.78 is 125. The average molecular weight is 686 g/mol. The summed E-state index contributed by atoms with van der Waals surface area (Å²) in [7, 11) is 0. The standard InChI is InChI=1S/C19H22F2N4.3C2HF3O2/c20-19(21)8-11-24(13-16-5-1-3-9-22-16)14-18(19)7-12-25(15-18)17-6-2-4-10-23-17;3*3-2(4,5)1(6)7/h1-6,9-10H,7-8,11-15H2;3*(H,6,7). The van der Waals surface area contributed by atoms with Crippen LogP contribution in [0.15, 0.2) is 48.8 Å². The summed E-state index contributed by atoms with van der Waals surface area (Å²) >= 11 is 0. The van der Waals surface area contributed by atoms with E-state index in [4.69, 9.17) is 29.7 Å². The fraction of sp³-hybridized carbons (Fsp3) is 0.480. The average Bonchev–Trinajstić information content (AvgIpc) is 3.37. The second-order valence-electron chi connectivity index (χ2n) is 9.53. The van der Waals surface area contributed by atoms with E-state index in [1.807, 2.05) is 41.3 Å². The molecule has 0 aromatic carbocycles. The minimum atomic E-state index is -5.08. The predicted octanol–water partition coefficient (Wildman–Crippen LogP) is 5.11. The quantitative estimate of drug-likeness (QED) is 0.373. The van der Waals surface area contributed by atoms with Gasteiger partial charge in [0.2, 0.25) is 0 Å². The number of halogens is 11. The Bertz CT molecular complexity index is 1220. The number of hydrogen-bond acceptors (Lipinski definition) is 7. The van der Waals surface area contributed by atoms with E-state index in [0.717, 1.165) is 11.5 Å². The first-order chi connectivity index (χ1) is 20.9. The topological polar surface area (TPSA) is 144 Å². The highest BCUT2D eigenvalue weighted by molar-refractivity contribution is 5.73. The van der Waals surface area contributed by atoms with Crippen LogP contribution in [0.2, 0.25) is 0 Å². The largest absolute Gasteiger partial charge is 0.490 e. The van der Waals surface area contributed by atoms with Crippen LogP contribution in [-0.4, -0.2) is 98.7 Å². The van der Waals surface area contributed by atoms with Crippen molar-refractivity contribution in [2.75, 3.05) is 31.1 Å². The third-order valence-corrected chi connectivity index (χ3v) is 6.21. The fourth-order valence-corrected chi connectivity index (χ4v) is 4.08. The van der Waals surface area contributed by atoms with Crippen LogP contribution in [0.4, 0.5) is 54.1 Å². The van der Waals surface area contributed by atoms with Crippen LogP contribution in [0.3, 0.4) is 0 Å². The molecule has 1 unspecified atom stereocenters. The molecule has 21 heteroatoms. The number of anilines is 1. The van der Waals surface area contributed by atoms with Crippen LogP contribution in [0.25, 0.3) is 0 Å². The Morgan fingerprint density at radius 1 is 0.696 bits per heavy atom. The molecule has 258 valence electrons. The number of carboxylic acid groups (broad SMARTS) is 3. The SMILES string of the molecule is FC1(F)CCN(Cc2ccccn2)CC12CCN(c1ccccn1)C2.O=C(O)C(F)(F)F.O=C(O)C(F)(F)F.O=C(O)C(F)(F)F. The Labute approximate surface area is 252 Å². The molecule has 2 aliphatic rings. The van der Waals surface area contributed by atoms with Crippen LogP contribution in [-0.2, 0) is 20.9 Å². The van der Waals surface area contributed by atoms with E-state index in [1.54, 1.807) is 12.4 Å². The van der Waals surface area contributed by atoms with E-state index >= 15 is 0 Å². The van der Waals surface area contributed by atoms with Gasteiger partial charge in [-0.25, -0.2) is 28.1 Å². The Morgan fingerprint density at radius 2 is 1.15 bits per heavy atom. The summed E-state index contributed by atoms with van der Waals surface area (Å²) in [5, 5.41) is 21.4. The van der Waals surface area contributed by atoms with Crippen molar-refractivity contribution in [3.8, 4) is 0 Å². The van der Waals surface area contributed by atoms with Crippen molar-refractivity contribution in [3.63, 3.8) is 0 Å². The van der Waals surface area contributed by atoms with Crippen molar-refractivity contribution in [1.82, 2.24) is 14.9 Å². The number of nitrogens with zero attached hydrogens (tertiary/aromatic N) is 4. The molecule has 0 bridgehead atoms. The van der Waals surface area contributed by atoms with E-state index in [9.17, 15) is 48.3 Å². The number of pyridine rings is 2. The minimum absolute atomic E-state index is 0.0874. The fourth-order valence-electron chi connectivity index (χ4n) is 4.08. The molecule has 2 aliphatic heterocycles. The van der Waals surface area contributed by atoms with E-state index in [2.05, 4.69) is 14.9 Å². The molecule has 0 aliphatic carbocycles. The molecular formula is C25H25F11N4O6. The van der Waals surface area contributed by atoms with Gasteiger partial charge in [-0.15, -0.1) is 0 Å². The van der Waals surface area contributed by atoms with Crippen LogP contribution in [0.5, 0.6) is 0 Å². The first-order valence-corrected chi connectivity index (χ1v) is 12.5. The zero-order chi connectivity index (χ0) is 35.6. The number of rotatable bonds is 3. The molecule has 3 N–H and O–H groups in total. The van der Waals surface area contributed by atoms with Gasteiger partial charge in [0, 0.05) is 51.5 Å². The Morgan fingerprint density at radius 3 is 1.54 bits per heavy atom. The van der Waals surface area contributed by atoms with Gasteiger partial charge in [-0.1, -0.05) is 12.1 Å². The summed E-state index contributed by atoms with van der Waals surface area (Å²) in [5.41, 5.74) is -0.0696. The number of likely N-dealkylation sites (tertiary alicyclic amines) is 1. The van der Waals surface area contributed by atoms with Gasteiger partial charge >= 0.3 is 36.4 Å². The minimum Gasteiger partial charge on any atom is -0.475 e. The predicted molar refractivity (Wildman–Crippen MR) is 134 cm³/mol. The van der Waals surface area contributed by atoms with Crippen molar-refractivity contribution in [1.29, 1.82) is 0 Å². The lowest BCUT2D eigenvalue weighted by molar-refractivity contribution is -0.193. The number of carbonyl (C=O) groups is 3. The van der Waals surface area contributed by atoms with E-state index in [1.165, 1.54) is 0 Å². The molecular weight excluding hydrogens is 661 g/mol. The van der Waals surface area contributed by atoms with Crippen molar-refractivity contribution in [2.45, 2.75) is 43.8 Å². The summed E-state index contributed by atoms with van der Waals surface area (Å²) in [6.07, 6.45) is -11.4. The van der Waals surface area contributed by atoms with Crippen molar-refractivity contribution in [2.24, 2.45) is 5.41 Å². The monoisotopic (exact) mass is 686 g/mol. The molecule has 2 fully saturated rings. The third kappa shape index (κ3) is 12.6. The van der Waals surface area contributed by atoms with E-state index in [0.29, 0.717) is 39.1 Å². The van der Waals surface area contributed by atoms with Crippen LogP contribution >= 0.6 is 0 Å². The second-order valence-corrected chi connectivity index (χ2v) is 9.53. The Kier molecular flexibility index (Phi) is 13.7. The van der Waals surface area contributed by atoms with Gasteiger partial charge in [0.05, 0.1) is 11.1 Å². The first kappa shape index (κ1) is 39.7. The van der Waals surface area contributed by atoms with Gasteiger partial charge < -0.3 is 20.2 Å². The molecule has 1 atom stereocenters. The smallest absolute Gasteiger partial charge is 0.475 e. The molecule has 46 heavy (non-hydrogen) atoms. The van der Waals surface area contributed by atoms with Crippen LogP contribution in [0, 0.1) is 5.41 Å². The first-order valence-electron chi connectivity index (χ1n) is 12.5. The van der Waals surface area contributed by atoms with Crippen LogP contribution in [0.1, 0.15) is 18.5 Å². The summed E-state index contributed by atoms with van der Waals surface area (Å²) in [4.78, 5) is 39.5. The summed E-state index contributed by atoms with van der Waals surface area (Å²) in [5.74, 6) is -10.1. The van der Waals surface area contributed by atoms with Gasteiger partial charge in [0.15, 0.2) is 0 Å². The number of hydrogen-bond donors (Lipinski definition) is 3. The van der Waals surface area contributed by atoms with E-state index < -0.39 is 47.8 Å². The highest BCUT2D eigenvalue weighted by Gasteiger charge is 2.59. The van der Waals surface area contributed by atoms with Crippen molar-refractivity contribution < 1.29 is 78.0 Å². The molecule has 10 nitrogen and oxygen atoms in total. The maximum Gasteiger partial charge on any atom is 0.490 e. The number of carboxylic acids is 3. The molecule has 0 radical (unpaired) electrons. The van der Waals surface area contributed by atoms with Gasteiger partial charge in [-0.2, -0.15) is 39.5 Å². The maximum absolute atomic E-state index is 14.9. The molecule has 1 spiro atoms. The normalized spacial score (nSPS) is 19.4. The molecule has 0 saturated carbocycles. The second kappa shape index (κ2) is 15.8. The maximum atomic E-state index is 14.9. The lowest BCUT2D eigenvalue weighted by atomic mass is 9.75. The number of piperidine rings is 1. The molecule has 4 heterocycles. The summed E-state index contributed by atoms with van der Waals surface area (Å²) in [6.45, 7) is 2.43. The third-order valence-electron chi connectivity index (χ3n) is 6.21. The zero-order valence-electron chi connectivity index (χ0n) is 23.1. The lowest BCUT2D eigenvalue weighted by Crippen LogP contribution is -2.56. The summed E-state index contributed by atoms with van der Waals surface area (Å²) in [6, 6.07) is 11.4. The molecule has 2 aromatic heterocycles. The van der Waals surface area contributed by atoms with Gasteiger partial charge in [-0.3, -0.25) is 9.88 Å². The highest BCUT2D eigenvalue weighted by atomic mass is 19.4. The van der Waals surface area contributed by atoms with E-state index in [-0.39, 0.29) is 6.42 Å². The van der Waals surface area contributed by atoms with Gasteiger partial charge in [0.1, 0.15) is 5.82 Å². The lowest BCUT2D eigenvalue weighted by Gasteiger charge is -2.45. The molecule has 0 amide bonds. The zero-order valence-corrected chi connectivity index (χ0v) is 23.1.